The molecule has 0 radical (unpaired) electrons. The van der Waals surface area contributed by atoms with Crippen LogP contribution in [-0.2, 0) is 16.0 Å². The summed E-state index contributed by atoms with van der Waals surface area (Å²) in [6, 6.07) is 7.77. The maximum Gasteiger partial charge on any atom is 0.306 e. The van der Waals surface area contributed by atoms with Gasteiger partial charge >= 0.3 is 5.97 Å². The molecule has 1 aromatic rings. The monoisotopic (exact) mass is 248 g/mol. The van der Waals surface area contributed by atoms with Crippen LogP contribution in [0.2, 0.25) is 0 Å². The molecule has 0 aromatic heterocycles. The van der Waals surface area contributed by atoms with E-state index in [9.17, 15) is 4.79 Å². The molecule has 0 saturated heterocycles. The van der Waals surface area contributed by atoms with Crippen LogP contribution in [-0.4, -0.2) is 19.2 Å². The molecule has 0 amide bonds. The van der Waals surface area contributed by atoms with Gasteiger partial charge < -0.3 is 9.47 Å². The summed E-state index contributed by atoms with van der Waals surface area (Å²) in [6.45, 7) is 4.82. The zero-order valence-corrected chi connectivity index (χ0v) is 11.0. The fraction of sp³-hybridized carbons (Fsp3) is 0.400. The predicted molar refractivity (Wildman–Crippen MR) is 71.7 cm³/mol. The van der Waals surface area contributed by atoms with Gasteiger partial charge in [0, 0.05) is 6.42 Å². The highest BCUT2D eigenvalue weighted by Crippen LogP contribution is 2.19. The highest BCUT2D eigenvalue weighted by atomic mass is 16.5. The van der Waals surface area contributed by atoms with E-state index in [1.807, 2.05) is 50.3 Å². The van der Waals surface area contributed by atoms with Crippen LogP contribution in [0.3, 0.4) is 0 Å². The van der Waals surface area contributed by atoms with Crippen molar-refractivity contribution in [3.63, 3.8) is 0 Å². The summed E-state index contributed by atoms with van der Waals surface area (Å²) in [5, 5.41) is 0. The van der Waals surface area contributed by atoms with Crippen molar-refractivity contribution in [2.75, 3.05) is 13.2 Å². The summed E-state index contributed by atoms with van der Waals surface area (Å²) in [5.41, 5.74) is 1.04. The Bertz CT molecular complexity index is 396. The molecule has 0 bridgehead atoms. The Balaban J connectivity index is 2.45. The first kappa shape index (κ1) is 14.3. The van der Waals surface area contributed by atoms with Crippen molar-refractivity contribution in [2.45, 2.75) is 26.7 Å². The number of carbonyl (C=O) groups excluding carboxylic acids is 1. The molecule has 0 saturated carbocycles. The van der Waals surface area contributed by atoms with Gasteiger partial charge in [0.15, 0.2) is 0 Å². The quantitative estimate of drug-likeness (QED) is 0.549. The Hall–Kier alpha value is -1.77. The lowest BCUT2D eigenvalue weighted by molar-refractivity contribution is -0.142. The van der Waals surface area contributed by atoms with Gasteiger partial charge in [-0.1, -0.05) is 30.4 Å². The van der Waals surface area contributed by atoms with Gasteiger partial charge in [0.25, 0.3) is 0 Å². The first-order valence-corrected chi connectivity index (χ1v) is 6.25. The SMILES string of the molecule is C/C=C/COC(=O)CCc1ccccc1OCC. The van der Waals surface area contributed by atoms with E-state index in [0.717, 1.165) is 11.3 Å². The van der Waals surface area contributed by atoms with Gasteiger partial charge in [-0.25, -0.2) is 0 Å². The molecule has 0 N–H and O–H groups in total. The van der Waals surface area contributed by atoms with Crippen LogP contribution in [0.25, 0.3) is 0 Å². The third-order valence-electron chi connectivity index (χ3n) is 2.45. The van der Waals surface area contributed by atoms with E-state index in [2.05, 4.69) is 0 Å². The third-order valence-corrected chi connectivity index (χ3v) is 2.45. The highest BCUT2D eigenvalue weighted by Gasteiger charge is 2.06. The molecule has 1 aromatic carbocycles. The van der Waals surface area contributed by atoms with E-state index in [0.29, 0.717) is 26.1 Å². The average molecular weight is 248 g/mol. The topological polar surface area (TPSA) is 35.5 Å². The Morgan fingerprint density at radius 2 is 2.11 bits per heavy atom. The van der Waals surface area contributed by atoms with Crippen LogP contribution in [0.1, 0.15) is 25.8 Å². The minimum atomic E-state index is -0.181. The molecule has 0 spiro atoms. The Kier molecular flexibility index (Phi) is 6.62. The number of rotatable bonds is 7. The smallest absolute Gasteiger partial charge is 0.306 e. The fourth-order valence-electron chi connectivity index (χ4n) is 1.55. The second-order valence-electron chi connectivity index (χ2n) is 3.79. The third kappa shape index (κ3) is 5.04. The zero-order chi connectivity index (χ0) is 13.2. The first-order valence-electron chi connectivity index (χ1n) is 6.25. The molecule has 98 valence electrons. The number of ether oxygens (including phenoxy) is 2. The minimum Gasteiger partial charge on any atom is -0.494 e. The largest absolute Gasteiger partial charge is 0.494 e. The van der Waals surface area contributed by atoms with Crippen molar-refractivity contribution in [3.05, 3.63) is 42.0 Å². The molecular formula is C15H20O3. The molecule has 0 atom stereocenters. The van der Waals surface area contributed by atoms with Crippen LogP contribution < -0.4 is 4.74 Å². The van der Waals surface area contributed by atoms with Crippen LogP contribution >= 0.6 is 0 Å². The van der Waals surface area contributed by atoms with Crippen LogP contribution in [0, 0.1) is 0 Å². The first-order chi connectivity index (χ1) is 8.77. The average Bonchev–Trinajstić information content (AvgIpc) is 2.38. The highest BCUT2D eigenvalue weighted by molar-refractivity contribution is 5.70. The number of para-hydroxylation sites is 1. The number of benzene rings is 1. The van der Waals surface area contributed by atoms with E-state index < -0.39 is 0 Å². The van der Waals surface area contributed by atoms with Gasteiger partial charge in [0.2, 0.25) is 0 Å². The molecule has 0 unspecified atom stereocenters. The minimum absolute atomic E-state index is 0.181. The second kappa shape index (κ2) is 8.34. The summed E-state index contributed by atoms with van der Waals surface area (Å²) < 4.78 is 10.5. The van der Waals surface area contributed by atoms with Crippen molar-refractivity contribution in [1.29, 1.82) is 0 Å². The zero-order valence-electron chi connectivity index (χ0n) is 11.0. The lowest BCUT2D eigenvalue weighted by Gasteiger charge is -2.09. The molecule has 0 fully saturated rings. The summed E-state index contributed by atoms with van der Waals surface area (Å²) in [5.74, 6) is 0.667. The molecular weight excluding hydrogens is 228 g/mol. The molecule has 0 aliphatic rings. The summed E-state index contributed by atoms with van der Waals surface area (Å²) in [7, 11) is 0. The van der Waals surface area contributed by atoms with Crippen molar-refractivity contribution in [3.8, 4) is 5.75 Å². The number of allylic oxidation sites excluding steroid dienone is 1. The molecule has 0 heterocycles. The van der Waals surface area contributed by atoms with Crippen molar-refractivity contribution in [2.24, 2.45) is 0 Å². The summed E-state index contributed by atoms with van der Waals surface area (Å²) in [6.07, 6.45) is 4.69. The molecule has 0 aliphatic heterocycles. The lowest BCUT2D eigenvalue weighted by Crippen LogP contribution is -2.06. The molecule has 3 heteroatoms. The molecule has 18 heavy (non-hydrogen) atoms. The van der Waals surface area contributed by atoms with Crippen molar-refractivity contribution in [1.82, 2.24) is 0 Å². The van der Waals surface area contributed by atoms with Gasteiger partial charge in [-0.15, -0.1) is 0 Å². The normalized spacial score (nSPS) is 10.6. The van der Waals surface area contributed by atoms with E-state index in [1.54, 1.807) is 0 Å². The van der Waals surface area contributed by atoms with Crippen LogP contribution in [0.15, 0.2) is 36.4 Å². The van der Waals surface area contributed by atoms with Crippen molar-refractivity contribution < 1.29 is 14.3 Å². The van der Waals surface area contributed by atoms with E-state index in [1.165, 1.54) is 0 Å². The van der Waals surface area contributed by atoms with Gasteiger partial charge in [-0.05, 0) is 31.9 Å². The van der Waals surface area contributed by atoms with E-state index in [-0.39, 0.29) is 5.97 Å². The van der Waals surface area contributed by atoms with Gasteiger partial charge in [-0.3, -0.25) is 4.79 Å². The van der Waals surface area contributed by atoms with E-state index in [4.69, 9.17) is 9.47 Å². The number of aryl methyl sites for hydroxylation is 1. The van der Waals surface area contributed by atoms with Crippen LogP contribution in [0.5, 0.6) is 5.75 Å². The number of carbonyl (C=O) groups is 1. The van der Waals surface area contributed by atoms with E-state index >= 15 is 0 Å². The Labute approximate surface area is 108 Å². The predicted octanol–water partition coefficient (Wildman–Crippen LogP) is 3.14. The number of hydrogen-bond donors (Lipinski definition) is 0. The molecule has 1 rings (SSSR count). The lowest BCUT2D eigenvalue weighted by atomic mass is 10.1. The fourth-order valence-corrected chi connectivity index (χ4v) is 1.55. The Morgan fingerprint density at radius 1 is 1.33 bits per heavy atom. The van der Waals surface area contributed by atoms with Gasteiger partial charge in [-0.2, -0.15) is 0 Å². The second-order valence-corrected chi connectivity index (χ2v) is 3.79. The maximum atomic E-state index is 11.5. The van der Waals surface area contributed by atoms with Gasteiger partial charge in [0.05, 0.1) is 6.61 Å². The number of hydrogen-bond acceptors (Lipinski definition) is 3. The van der Waals surface area contributed by atoms with Gasteiger partial charge in [0.1, 0.15) is 12.4 Å². The summed E-state index contributed by atoms with van der Waals surface area (Å²) in [4.78, 5) is 11.5. The standard InChI is InChI=1S/C15H20O3/c1-3-5-12-18-15(16)11-10-13-8-6-7-9-14(13)17-4-2/h3,5-9H,4,10-12H2,1-2H3/b5-3+. The van der Waals surface area contributed by atoms with Crippen LogP contribution in [0.4, 0.5) is 0 Å². The van der Waals surface area contributed by atoms with Crippen molar-refractivity contribution >= 4 is 5.97 Å². The summed E-state index contributed by atoms with van der Waals surface area (Å²) >= 11 is 0. The number of esters is 1. The Morgan fingerprint density at radius 3 is 2.83 bits per heavy atom. The maximum absolute atomic E-state index is 11.5. The molecule has 0 aliphatic carbocycles. The molecule has 3 nitrogen and oxygen atoms in total.